The fourth-order valence-corrected chi connectivity index (χ4v) is 2.95. The van der Waals surface area contributed by atoms with Crippen molar-refractivity contribution in [1.82, 2.24) is 0 Å². The molecule has 2 heterocycles. The van der Waals surface area contributed by atoms with Gasteiger partial charge in [0, 0.05) is 30.9 Å². The number of anilines is 2. The largest absolute Gasteiger partial charge is 0.382 e. The van der Waals surface area contributed by atoms with Gasteiger partial charge in [0.05, 0.1) is 12.2 Å². The molecule has 4 nitrogen and oxygen atoms in total. The molecule has 1 aromatic rings. The maximum absolute atomic E-state index is 11.7. The number of hydrogen-bond acceptors (Lipinski definition) is 3. The first-order valence-electron chi connectivity index (χ1n) is 7.52. The normalized spacial score (nSPS) is 26.2. The van der Waals surface area contributed by atoms with Gasteiger partial charge in [-0.1, -0.05) is 0 Å². The van der Waals surface area contributed by atoms with Crippen molar-refractivity contribution >= 4 is 17.3 Å². The van der Waals surface area contributed by atoms with Crippen molar-refractivity contribution in [2.45, 2.75) is 44.8 Å². The van der Waals surface area contributed by atoms with Crippen molar-refractivity contribution in [3.63, 3.8) is 0 Å². The quantitative estimate of drug-likeness (QED) is 0.918. The molecule has 2 aliphatic heterocycles. The molecule has 1 N–H and O–H groups in total. The molecule has 0 radical (unpaired) electrons. The van der Waals surface area contributed by atoms with Crippen LogP contribution >= 0.6 is 0 Å². The number of carbonyl (C=O) groups is 1. The Kier molecular flexibility index (Phi) is 3.92. The molecule has 20 heavy (non-hydrogen) atoms. The maximum atomic E-state index is 11.7. The van der Waals surface area contributed by atoms with Gasteiger partial charge >= 0.3 is 0 Å². The Bertz CT molecular complexity index is 472. The highest BCUT2D eigenvalue weighted by Crippen LogP contribution is 2.24. The Morgan fingerprint density at radius 3 is 2.70 bits per heavy atom. The molecular weight excluding hydrogens is 252 g/mol. The van der Waals surface area contributed by atoms with Crippen LogP contribution < -0.4 is 10.2 Å². The van der Waals surface area contributed by atoms with Crippen molar-refractivity contribution in [2.24, 2.45) is 0 Å². The Labute approximate surface area is 120 Å². The minimum absolute atomic E-state index is 0.235. The maximum Gasteiger partial charge on any atom is 0.227 e. The molecule has 4 heteroatoms. The molecule has 2 atom stereocenters. The van der Waals surface area contributed by atoms with Crippen LogP contribution in [0.4, 0.5) is 11.4 Å². The minimum atomic E-state index is 0.235. The fraction of sp³-hybridized carbons (Fsp3) is 0.562. The standard InChI is InChI=1S/C16H22N2O2/c1-12-4-9-15(20-12)11-17-13-5-7-14(8-6-13)18-10-2-3-16(18)19/h5-8,12,15,17H,2-4,9-11H2,1H3. The first-order chi connectivity index (χ1) is 9.72. The molecule has 2 saturated heterocycles. The summed E-state index contributed by atoms with van der Waals surface area (Å²) in [5.74, 6) is 0.235. The summed E-state index contributed by atoms with van der Waals surface area (Å²) in [5.41, 5.74) is 2.09. The second kappa shape index (κ2) is 5.83. The van der Waals surface area contributed by atoms with Gasteiger partial charge in [-0.05, 0) is 50.5 Å². The van der Waals surface area contributed by atoms with E-state index in [-0.39, 0.29) is 5.91 Å². The average Bonchev–Trinajstić information content (AvgIpc) is 3.06. The third-order valence-corrected chi connectivity index (χ3v) is 4.11. The summed E-state index contributed by atoms with van der Waals surface area (Å²) in [7, 11) is 0. The number of hydrogen-bond donors (Lipinski definition) is 1. The van der Waals surface area contributed by atoms with Gasteiger partial charge in [-0.15, -0.1) is 0 Å². The molecule has 3 rings (SSSR count). The molecular formula is C16H22N2O2. The lowest BCUT2D eigenvalue weighted by Gasteiger charge is -2.17. The van der Waals surface area contributed by atoms with E-state index < -0.39 is 0 Å². The summed E-state index contributed by atoms with van der Waals surface area (Å²) in [6.45, 7) is 3.83. The van der Waals surface area contributed by atoms with Crippen LogP contribution in [0.15, 0.2) is 24.3 Å². The zero-order chi connectivity index (χ0) is 13.9. The number of nitrogens with one attached hydrogen (secondary N) is 1. The molecule has 1 aromatic carbocycles. The second-order valence-electron chi connectivity index (χ2n) is 5.72. The molecule has 2 fully saturated rings. The molecule has 1 amide bonds. The molecule has 0 aromatic heterocycles. The van der Waals surface area contributed by atoms with Crippen molar-refractivity contribution in [3.8, 4) is 0 Å². The predicted octanol–water partition coefficient (Wildman–Crippen LogP) is 2.79. The van der Waals surface area contributed by atoms with Crippen LogP contribution in [0.5, 0.6) is 0 Å². The summed E-state index contributed by atoms with van der Waals surface area (Å²) in [5, 5.41) is 3.41. The van der Waals surface area contributed by atoms with E-state index in [1.807, 2.05) is 29.2 Å². The van der Waals surface area contributed by atoms with Gasteiger partial charge < -0.3 is 15.0 Å². The van der Waals surface area contributed by atoms with E-state index in [0.717, 1.165) is 43.7 Å². The summed E-state index contributed by atoms with van der Waals surface area (Å²) in [6, 6.07) is 8.12. The first-order valence-corrected chi connectivity index (χ1v) is 7.52. The predicted molar refractivity (Wildman–Crippen MR) is 80.1 cm³/mol. The van der Waals surface area contributed by atoms with E-state index in [1.165, 1.54) is 0 Å². The van der Waals surface area contributed by atoms with Gasteiger partial charge in [0.15, 0.2) is 0 Å². The highest BCUT2D eigenvalue weighted by atomic mass is 16.5. The highest BCUT2D eigenvalue weighted by Gasteiger charge is 2.22. The Morgan fingerprint density at radius 1 is 1.30 bits per heavy atom. The first kappa shape index (κ1) is 13.4. The monoisotopic (exact) mass is 274 g/mol. The van der Waals surface area contributed by atoms with Crippen LogP contribution in [0.2, 0.25) is 0 Å². The summed E-state index contributed by atoms with van der Waals surface area (Å²) >= 11 is 0. The summed E-state index contributed by atoms with van der Waals surface area (Å²) in [4.78, 5) is 13.6. The SMILES string of the molecule is CC1CCC(CNc2ccc(N3CCCC3=O)cc2)O1. The van der Waals surface area contributed by atoms with E-state index in [1.54, 1.807) is 0 Å². The van der Waals surface area contributed by atoms with Gasteiger partial charge in [-0.2, -0.15) is 0 Å². The van der Waals surface area contributed by atoms with Crippen LogP contribution in [-0.2, 0) is 9.53 Å². The Morgan fingerprint density at radius 2 is 2.10 bits per heavy atom. The van der Waals surface area contributed by atoms with Gasteiger partial charge in [-0.3, -0.25) is 4.79 Å². The molecule has 2 unspecified atom stereocenters. The van der Waals surface area contributed by atoms with Gasteiger partial charge in [0.2, 0.25) is 5.91 Å². The third-order valence-electron chi connectivity index (χ3n) is 4.11. The lowest BCUT2D eigenvalue weighted by Crippen LogP contribution is -2.23. The van der Waals surface area contributed by atoms with Gasteiger partial charge in [0.1, 0.15) is 0 Å². The van der Waals surface area contributed by atoms with E-state index in [9.17, 15) is 4.79 Å². The molecule has 2 aliphatic rings. The number of ether oxygens (including phenoxy) is 1. The number of nitrogens with zero attached hydrogens (tertiary/aromatic N) is 1. The summed E-state index contributed by atoms with van der Waals surface area (Å²) in [6.07, 6.45) is 4.65. The molecule has 108 valence electrons. The summed E-state index contributed by atoms with van der Waals surface area (Å²) < 4.78 is 5.79. The molecule has 0 aliphatic carbocycles. The molecule has 0 spiro atoms. The molecule has 0 saturated carbocycles. The van der Waals surface area contributed by atoms with Crippen LogP contribution in [-0.4, -0.2) is 31.2 Å². The number of rotatable bonds is 4. The van der Waals surface area contributed by atoms with E-state index in [0.29, 0.717) is 18.6 Å². The van der Waals surface area contributed by atoms with Crippen LogP contribution in [0, 0.1) is 0 Å². The van der Waals surface area contributed by atoms with Gasteiger partial charge in [-0.25, -0.2) is 0 Å². The lowest BCUT2D eigenvalue weighted by molar-refractivity contribution is -0.117. The third kappa shape index (κ3) is 2.96. The fourth-order valence-electron chi connectivity index (χ4n) is 2.95. The second-order valence-corrected chi connectivity index (χ2v) is 5.72. The smallest absolute Gasteiger partial charge is 0.227 e. The van der Waals surface area contributed by atoms with E-state index in [2.05, 4.69) is 12.2 Å². The minimum Gasteiger partial charge on any atom is -0.382 e. The van der Waals surface area contributed by atoms with Crippen LogP contribution in [0.3, 0.4) is 0 Å². The van der Waals surface area contributed by atoms with Crippen molar-refractivity contribution in [3.05, 3.63) is 24.3 Å². The van der Waals surface area contributed by atoms with E-state index >= 15 is 0 Å². The van der Waals surface area contributed by atoms with Crippen molar-refractivity contribution in [2.75, 3.05) is 23.3 Å². The zero-order valence-electron chi connectivity index (χ0n) is 12.0. The van der Waals surface area contributed by atoms with Crippen molar-refractivity contribution < 1.29 is 9.53 Å². The number of amides is 1. The molecule has 0 bridgehead atoms. The number of carbonyl (C=O) groups excluding carboxylic acids is 1. The van der Waals surface area contributed by atoms with Crippen LogP contribution in [0.25, 0.3) is 0 Å². The Balaban J connectivity index is 1.55. The van der Waals surface area contributed by atoms with E-state index in [4.69, 9.17) is 4.74 Å². The van der Waals surface area contributed by atoms with Crippen LogP contribution in [0.1, 0.15) is 32.6 Å². The number of benzene rings is 1. The topological polar surface area (TPSA) is 41.6 Å². The van der Waals surface area contributed by atoms with Gasteiger partial charge in [0.25, 0.3) is 0 Å². The highest BCUT2D eigenvalue weighted by molar-refractivity contribution is 5.95. The van der Waals surface area contributed by atoms with Crippen molar-refractivity contribution in [1.29, 1.82) is 0 Å². The zero-order valence-corrected chi connectivity index (χ0v) is 12.0. The average molecular weight is 274 g/mol. The Hall–Kier alpha value is -1.55. The lowest BCUT2D eigenvalue weighted by atomic mass is 10.2.